The minimum Gasteiger partial charge on any atom is -0.335 e. The van der Waals surface area contributed by atoms with E-state index < -0.39 is 0 Å². The molecule has 0 amide bonds. The number of rotatable bonds is 2. The van der Waals surface area contributed by atoms with Gasteiger partial charge in [0.2, 0.25) is 0 Å². The summed E-state index contributed by atoms with van der Waals surface area (Å²) in [7, 11) is 1.05. The molecule has 41 heavy (non-hydrogen) atoms. The predicted molar refractivity (Wildman–Crippen MR) is 191 cm³/mol. The van der Waals surface area contributed by atoms with Gasteiger partial charge in [0.1, 0.15) is 0 Å². The minimum absolute atomic E-state index is 0. The van der Waals surface area contributed by atoms with Gasteiger partial charge in [0.15, 0.2) is 0 Å². The zero-order valence-corrected chi connectivity index (χ0v) is 31.4. The molecule has 0 bridgehead atoms. The van der Waals surface area contributed by atoms with Crippen molar-refractivity contribution in [2.24, 2.45) is 5.73 Å². The summed E-state index contributed by atoms with van der Waals surface area (Å²) in [6.07, 6.45) is 6.93. The van der Waals surface area contributed by atoms with Crippen LogP contribution in [0.15, 0.2) is 84.9 Å². The van der Waals surface area contributed by atoms with E-state index in [4.69, 9.17) is 5.73 Å². The Hall–Kier alpha value is -0.998. The molecule has 0 radical (unpaired) electrons. The first-order chi connectivity index (χ1) is 18.4. The minimum atomic E-state index is 0. The maximum atomic E-state index is 5.34. The largest absolute Gasteiger partial charge is 0.335 e. The molecule has 242 valence electrons. The van der Waals surface area contributed by atoms with Gasteiger partial charge in [0.05, 0.1) is 0 Å². The zero-order valence-electron chi connectivity index (χ0n) is 28.0. The van der Waals surface area contributed by atoms with Gasteiger partial charge in [-0.1, -0.05) is 41.5 Å². The van der Waals surface area contributed by atoms with Crippen molar-refractivity contribution in [1.29, 1.82) is 0 Å². The van der Waals surface area contributed by atoms with Crippen LogP contribution in [0.25, 0.3) is 0 Å². The molecule has 3 rings (SSSR count). The van der Waals surface area contributed by atoms with Crippen LogP contribution in [0.3, 0.4) is 0 Å². The number of nitrogens with two attached hydrogens (primary N) is 1. The van der Waals surface area contributed by atoms with Crippen LogP contribution in [-0.2, 0) is 26.8 Å². The number of benzene rings is 3. The smallest absolute Gasteiger partial charge is 0 e. The van der Waals surface area contributed by atoms with E-state index in [0.717, 1.165) is 15.0 Å². The van der Waals surface area contributed by atoms with E-state index in [2.05, 4.69) is 59.7 Å². The second-order valence-electron chi connectivity index (χ2n) is 10.4. The first-order valence-electron chi connectivity index (χ1n) is 13.9. The molecule has 0 spiro atoms. The maximum Gasteiger partial charge on any atom is 0 e. The molecule has 1 nitrogen and oxygen atoms in total. The normalized spacial score (nSPS) is 8.80. The molecule has 0 saturated carbocycles. The zero-order chi connectivity index (χ0) is 30.8. The third kappa shape index (κ3) is 68.1. The van der Waals surface area contributed by atoms with Gasteiger partial charge < -0.3 is 25.0 Å². The summed E-state index contributed by atoms with van der Waals surface area (Å²) in [5, 5.41) is 1.02. The molecule has 0 atom stereocenters. The Kier molecular flexibility index (Phi) is 52.8. The number of hydrogen-bond acceptors (Lipinski definition) is 1. The first kappa shape index (κ1) is 52.6. The Morgan fingerprint density at radius 1 is 0.610 bits per heavy atom. The van der Waals surface area contributed by atoms with Gasteiger partial charge in [-0.3, -0.25) is 0 Å². The van der Waals surface area contributed by atoms with Gasteiger partial charge in [0, 0.05) is 20.4 Å². The Bertz CT molecular complexity index is 656. The molecule has 0 saturated heterocycles. The Morgan fingerprint density at radius 2 is 0.927 bits per heavy atom. The maximum absolute atomic E-state index is 5.34. The number of halogens is 1. The summed E-state index contributed by atoms with van der Waals surface area (Å²) in [6.45, 7) is 26.5. The van der Waals surface area contributed by atoms with Gasteiger partial charge in [-0.2, -0.15) is 150 Å². The van der Waals surface area contributed by atoms with Crippen LogP contribution in [0.4, 0.5) is 0 Å². The molecule has 0 aromatic heterocycles. The van der Waals surface area contributed by atoms with E-state index in [-0.39, 0.29) is 32.8 Å². The molecule has 0 fully saturated rings. The van der Waals surface area contributed by atoms with Crippen molar-refractivity contribution in [3.05, 3.63) is 128 Å². The Morgan fingerprint density at radius 3 is 1.07 bits per heavy atom. The van der Waals surface area contributed by atoms with Crippen molar-refractivity contribution in [2.45, 2.75) is 99.8 Å². The van der Waals surface area contributed by atoms with E-state index in [1.165, 1.54) is 5.56 Å². The van der Waals surface area contributed by atoms with Crippen LogP contribution in [0, 0.1) is 37.5 Å². The van der Waals surface area contributed by atoms with Crippen molar-refractivity contribution in [2.75, 3.05) is 6.54 Å². The second kappa shape index (κ2) is 41.1. The predicted octanol–water partition coefficient (Wildman–Crippen LogP) is 11.3. The summed E-state index contributed by atoms with van der Waals surface area (Å²) in [5.41, 5.74) is 6.53. The van der Waals surface area contributed by atoms with Gasteiger partial charge in [0.25, 0.3) is 0 Å². The topological polar surface area (TPSA) is 26.0 Å². The van der Waals surface area contributed by atoms with Crippen molar-refractivity contribution in [1.82, 2.24) is 0 Å². The van der Waals surface area contributed by atoms with Crippen molar-refractivity contribution in [3.63, 3.8) is 0 Å². The van der Waals surface area contributed by atoms with Crippen LogP contribution in [-0.4, -0.2) is 16.9 Å². The number of hydrogen-bond donors (Lipinski definition) is 1. The molecule has 0 aliphatic heterocycles. The van der Waals surface area contributed by atoms with Crippen molar-refractivity contribution in [3.8, 4) is 0 Å². The second-order valence-corrected chi connectivity index (χ2v) is 13.7. The summed E-state index contributed by atoms with van der Waals surface area (Å²) < 4.78 is 0. The third-order valence-corrected chi connectivity index (χ3v) is 4.65. The van der Waals surface area contributed by atoms with E-state index in [9.17, 15) is 0 Å². The Labute approximate surface area is 280 Å². The molecular formula is C37H61ClNPPd-6. The standard InChI is InChI=1S/C8H10N.C8H19P.2C6H5.3C3H7.ClH.Pd/c9-7-6-8-4-2-1-3-5-8;1-7(2,3)9-8(4,5)6;2*1-2-4-6-5-3-1;3*1-3-2;;/h1-4H,6-7,9H2;9H,1-6H3;2*1-5H;3*3H,1-2H3;1H;/q-1;;5*-1;;. The Balaban J connectivity index is -0.0000000903. The third-order valence-electron chi connectivity index (χ3n) is 3.15. The average Bonchev–Trinajstić information content (AvgIpc) is 2.88. The fourth-order valence-electron chi connectivity index (χ4n) is 2.55. The molecule has 0 unspecified atom stereocenters. The SMILES string of the molecule is CC(C)(C)PC(C)(C)C.C[CH-]C.C[CH-]C.C[CH-]C.Cl.NCCc1[c-]cccc1.[Pd].[c-]1ccccc1.[c-]1ccccc1. The average molecular weight is 693 g/mol. The molecule has 2 N–H and O–H groups in total. The van der Waals surface area contributed by atoms with Crippen molar-refractivity contribution >= 4 is 21.0 Å². The molecule has 0 heterocycles. The summed E-state index contributed by atoms with van der Waals surface area (Å²) in [4.78, 5) is 0. The van der Waals surface area contributed by atoms with E-state index in [1.807, 2.05) is 146 Å². The molecule has 4 heteroatoms. The van der Waals surface area contributed by atoms with Gasteiger partial charge in [-0.25, -0.2) is 0 Å². The summed E-state index contributed by atoms with van der Waals surface area (Å²) in [5.74, 6) is 0. The monoisotopic (exact) mass is 691 g/mol. The van der Waals surface area contributed by atoms with Gasteiger partial charge >= 0.3 is 0 Å². The van der Waals surface area contributed by atoms with Crippen LogP contribution in [0.1, 0.15) is 88.6 Å². The fraction of sp³-hybridized carbons (Fsp3) is 0.432. The molecular weight excluding hydrogens is 631 g/mol. The molecule has 3 aromatic rings. The van der Waals surface area contributed by atoms with Gasteiger partial charge in [-0.05, 0) is 23.3 Å². The molecule has 0 aliphatic carbocycles. The first-order valence-corrected chi connectivity index (χ1v) is 14.9. The van der Waals surface area contributed by atoms with E-state index in [1.54, 1.807) is 0 Å². The van der Waals surface area contributed by atoms with Crippen LogP contribution < -0.4 is 5.73 Å². The van der Waals surface area contributed by atoms with E-state index in [0.29, 0.717) is 16.9 Å². The van der Waals surface area contributed by atoms with Crippen molar-refractivity contribution < 1.29 is 20.4 Å². The fourth-order valence-corrected chi connectivity index (χ4v) is 4.80. The van der Waals surface area contributed by atoms with Gasteiger partial charge in [-0.15, -0.1) is 21.0 Å². The molecule has 3 aromatic carbocycles. The quantitative estimate of drug-likeness (QED) is 0.161. The van der Waals surface area contributed by atoms with Crippen LogP contribution in [0.5, 0.6) is 0 Å². The van der Waals surface area contributed by atoms with E-state index >= 15 is 0 Å². The summed E-state index contributed by atoms with van der Waals surface area (Å²) in [6, 6.07) is 36.0. The molecule has 0 aliphatic rings. The van der Waals surface area contributed by atoms with Crippen LogP contribution in [0.2, 0.25) is 0 Å². The van der Waals surface area contributed by atoms with Crippen LogP contribution >= 0.6 is 21.0 Å². The summed E-state index contributed by atoms with van der Waals surface area (Å²) >= 11 is 0.